The lowest BCUT2D eigenvalue weighted by Gasteiger charge is -2.27. The molecule has 1 aromatic carbocycles. The molecule has 0 aliphatic carbocycles. The van der Waals surface area contributed by atoms with Crippen LogP contribution in [0.15, 0.2) is 30.3 Å². The molecule has 0 heterocycles. The third-order valence-corrected chi connectivity index (χ3v) is 4.17. The molecule has 0 bridgehead atoms. The summed E-state index contributed by atoms with van der Waals surface area (Å²) in [5, 5.41) is 9.43. The van der Waals surface area contributed by atoms with Crippen molar-refractivity contribution in [2.45, 2.75) is 26.7 Å². The number of benzene rings is 1. The first-order chi connectivity index (χ1) is 8.50. The Labute approximate surface area is 112 Å². The van der Waals surface area contributed by atoms with Crippen LogP contribution >= 0.6 is 11.8 Å². The number of aliphatic carboxylic acids is 1. The molecule has 0 saturated carbocycles. The van der Waals surface area contributed by atoms with Crippen LogP contribution in [0.1, 0.15) is 25.8 Å². The molecule has 1 aromatic rings. The van der Waals surface area contributed by atoms with Crippen molar-refractivity contribution < 1.29 is 14.7 Å². The highest BCUT2D eigenvalue weighted by Crippen LogP contribution is 2.32. The first-order valence-corrected chi connectivity index (χ1v) is 6.89. The second-order valence-corrected chi connectivity index (χ2v) is 5.53. The smallest absolute Gasteiger partial charge is 0.310 e. The minimum atomic E-state index is -0.863. The summed E-state index contributed by atoms with van der Waals surface area (Å²) in [6, 6.07) is 9.55. The van der Waals surface area contributed by atoms with Gasteiger partial charge < -0.3 is 5.11 Å². The molecule has 0 fully saturated rings. The number of carbonyl (C=O) groups excluding carboxylic acids is 1. The van der Waals surface area contributed by atoms with Gasteiger partial charge in [-0.15, -0.1) is 0 Å². The third kappa shape index (κ3) is 3.88. The van der Waals surface area contributed by atoms with Gasteiger partial charge in [-0.3, -0.25) is 9.59 Å². The monoisotopic (exact) mass is 266 g/mol. The largest absolute Gasteiger partial charge is 0.481 e. The van der Waals surface area contributed by atoms with Crippen molar-refractivity contribution in [1.82, 2.24) is 0 Å². The number of thioether (sulfide) groups is 1. The summed E-state index contributed by atoms with van der Waals surface area (Å²) in [5.74, 6) is -0.508. The van der Waals surface area contributed by atoms with Crippen molar-refractivity contribution in [2.75, 3.05) is 5.75 Å². The van der Waals surface area contributed by atoms with Crippen molar-refractivity contribution >= 4 is 22.8 Å². The Hall–Kier alpha value is -1.29. The van der Waals surface area contributed by atoms with E-state index in [-0.39, 0.29) is 5.12 Å². The molecule has 4 heteroatoms. The van der Waals surface area contributed by atoms with Crippen LogP contribution in [0, 0.1) is 5.41 Å². The van der Waals surface area contributed by atoms with Crippen molar-refractivity contribution in [1.29, 1.82) is 0 Å². The lowest BCUT2D eigenvalue weighted by molar-refractivity contribution is -0.147. The van der Waals surface area contributed by atoms with Gasteiger partial charge >= 0.3 is 5.97 Å². The van der Waals surface area contributed by atoms with E-state index in [1.54, 1.807) is 0 Å². The van der Waals surface area contributed by atoms with Gasteiger partial charge in [-0.05, 0) is 18.4 Å². The number of rotatable bonds is 6. The minimum Gasteiger partial charge on any atom is -0.481 e. The zero-order chi connectivity index (χ0) is 13.6. The number of carboxylic acid groups (broad SMARTS) is 1. The molecule has 1 unspecified atom stereocenters. The van der Waals surface area contributed by atoms with E-state index in [1.807, 2.05) is 37.3 Å². The Morgan fingerprint density at radius 3 is 2.33 bits per heavy atom. The maximum absolute atomic E-state index is 11.5. The van der Waals surface area contributed by atoms with E-state index in [1.165, 1.54) is 6.92 Å². The van der Waals surface area contributed by atoms with E-state index in [4.69, 9.17) is 0 Å². The molecule has 0 aromatic heterocycles. The van der Waals surface area contributed by atoms with Crippen LogP contribution in [0.5, 0.6) is 0 Å². The number of hydrogen-bond acceptors (Lipinski definition) is 3. The zero-order valence-electron chi connectivity index (χ0n) is 10.7. The Balaban J connectivity index is 2.89. The molecule has 98 valence electrons. The first kappa shape index (κ1) is 14.8. The summed E-state index contributed by atoms with van der Waals surface area (Å²) in [6.45, 7) is 3.33. The second kappa shape index (κ2) is 6.59. The molecule has 1 rings (SSSR count). The standard InChI is InChI=1S/C14H18O3S/c1-3-14(13(16)17,10-18-11(2)15)9-12-7-5-4-6-8-12/h4-8H,3,9-10H2,1-2H3,(H,16,17). The van der Waals surface area contributed by atoms with E-state index >= 15 is 0 Å². The zero-order valence-corrected chi connectivity index (χ0v) is 11.5. The molecule has 1 atom stereocenters. The predicted octanol–water partition coefficient (Wildman–Crippen LogP) is 2.99. The van der Waals surface area contributed by atoms with Crippen molar-refractivity contribution in [3.8, 4) is 0 Å². The number of carboxylic acids is 1. The SMILES string of the molecule is CCC(CSC(C)=O)(Cc1ccccc1)C(=O)O. The van der Waals surface area contributed by atoms with E-state index in [9.17, 15) is 14.7 Å². The quantitative estimate of drug-likeness (QED) is 0.860. The number of carbonyl (C=O) groups is 2. The molecular weight excluding hydrogens is 248 g/mol. The van der Waals surface area contributed by atoms with Crippen LogP contribution in [-0.2, 0) is 16.0 Å². The highest BCUT2D eigenvalue weighted by Gasteiger charge is 2.37. The molecule has 0 saturated heterocycles. The van der Waals surface area contributed by atoms with Gasteiger partial charge in [-0.25, -0.2) is 0 Å². The fourth-order valence-corrected chi connectivity index (χ4v) is 2.70. The van der Waals surface area contributed by atoms with Crippen molar-refractivity contribution in [2.24, 2.45) is 5.41 Å². The van der Waals surface area contributed by atoms with Gasteiger partial charge in [0.05, 0.1) is 5.41 Å². The van der Waals surface area contributed by atoms with Gasteiger partial charge in [-0.2, -0.15) is 0 Å². The van der Waals surface area contributed by atoms with E-state index < -0.39 is 11.4 Å². The van der Waals surface area contributed by atoms with Crippen LogP contribution < -0.4 is 0 Å². The highest BCUT2D eigenvalue weighted by molar-refractivity contribution is 8.13. The molecule has 0 spiro atoms. The maximum Gasteiger partial charge on any atom is 0.310 e. The Morgan fingerprint density at radius 2 is 1.89 bits per heavy atom. The summed E-state index contributed by atoms with van der Waals surface area (Å²) in [6.07, 6.45) is 0.970. The third-order valence-electron chi connectivity index (χ3n) is 3.07. The molecule has 0 amide bonds. The lowest BCUT2D eigenvalue weighted by Crippen LogP contribution is -2.35. The van der Waals surface area contributed by atoms with Gasteiger partial charge in [0.15, 0.2) is 5.12 Å². The highest BCUT2D eigenvalue weighted by atomic mass is 32.2. The average molecular weight is 266 g/mol. The van der Waals surface area contributed by atoms with Gasteiger partial charge in [0.1, 0.15) is 0 Å². The Kier molecular flexibility index (Phi) is 5.41. The van der Waals surface area contributed by atoms with E-state index in [0.29, 0.717) is 18.6 Å². The summed E-state index contributed by atoms with van der Waals surface area (Å²) >= 11 is 1.09. The molecular formula is C14H18O3S. The fraction of sp³-hybridized carbons (Fsp3) is 0.429. The van der Waals surface area contributed by atoms with Gasteiger partial charge in [0, 0.05) is 12.7 Å². The summed E-state index contributed by atoms with van der Waals surface area (Å²) in [7, 11) is 0. The molecule has 18 heavy (non-hydrogen) atoms. The summed E-state index contributed by atoms with van der Waals surface area (Å²) < 4.78 is 0. The number of hydrogen-bond donors (Lipinski definition) is 1. The summed E-state index contributed by atoms with van der Waals surface area (Å²) in [4.78, 5) is 22.6. The van der Waals surface area contributed by atoms with Crippen LogP contribution in [0.4, 0.5) is 0 Å². The molecule has 3 nitrogen and oxygen atoms in total. The van der Waals surface area contributed by atoms with Crippen LogP contribution in [0.25, 0.3) is 0 Å². The van der Waals surface area contributed by atoms with Gasteiger partial charge in [0.25, 0.3) is 0 Å². The Morgan fingerprint density at radius 1 is 1.28 bits per heavy atom. The molecule has 0 aliphatic rings. The lowest BCUT2D eigenvalue weighted by atomic mass is 9.81. The fourth-order valence-electron chi connectivity index (χ4n) is 1.79. The Bertz CT molecular complexity index is 416. The normalized spacial score (nSPS) is 13.9. The average Bonchev–Trinajstić information content (AvgIpc) is 2.35. The van der Waals surface area contributed by atoms with Gasteiger partial charge in [0.2, 0.25) is 0 Å². The predicted molar refractivity (Wildman–Crippen MR) is 73.6 cm³/mol. The topological polar surface area (TPSA) is 54.4 Å². The minimum absolute atomic E-state index is 0.0397. The van der Waals surface area contributed by atoms with E-state index in [0.717, 1.165) is 17.3 Å². The summed E-state index contributed by atoms with van der Waals surface area (Å²) in [5.41, 5.74) is 0.128. The molecule has 0 aliphatic heterocycles. The van der Waals surface area contributed by atoms with Crippen molar-refractivity contribution in [3.63, 3.8) is 0 Å². The van der Waals surface area contributed by atoms with Crippen molar-refractivity contribution in [3.05, 3.63) is 35.9 Å². The second-order valence-electron chi connectivity index (χ2n) is 4.38. The van der Waals surface area contributed by atoms with E-state index in [2.05, 4.69) is 0 Å². The molecule has 0 radical (unpaired) electrons. The van der Waals surface area contributed by atoms with Crippen LogP contribution in [-0.4, -0.2) is 21.9 Å². The van der Waals surface area contributed by atoms with Crippen LogP contribution in [0.3, 0.4) is 0 Å². The first-order valence-electron chi connectivity index (χ1n) is 5.91. The maximum atomic E-state index is 11.5. The van der Waals surface area contributed by atoms with Crippen LogP contribution in [0.2, 0.25) is 0 Å². The molecule has 1 N–H and O–H groups in total. The van der Waals surface area contributed by atoms with Gasteiger partial charge in [-0.1, -0.05) is 49.0 Å².